The fourth-order valence-corrected chi connectivity index (χ4v) is 2.52. The Hall–Kier alpha value is -1.58. The molecule has 0 aromatic carbocycles. The van der Waals surface area contributed by atoms with Crippen LogP contribution in [0.4, 0.5) is 5.82 Å². The van der Waals surface area contributed by atoms with Gasteiger partial charge in [-0.05, 0) is 36.8 Å². The molecule has 0 amide bonds. The molecule has 0 radical (unpaired) electrons. The SMILES string of the molecule is CC1CCCN(c2cc(C(=O)O)cc(C(C)C)n2)C1. The summed E-state index contributed by atoms with van der Waals surface area (Å²) in [5.41, 5.74) is 1.19. The van der Waals surface area contributed by atoms with Crippen molar-refractivity contribution in [2.24, 2.45) is 5.92 Å². The summed E-state index contributed by atoms with van der Waals surface area (Å²) in [5.74, 6) is 0.817. The first-order valence-electron chi connectivity index (χ1n) is 6.97. The number of hydrogen-bond donors (Lipinski definition) is 1. The Morgan fingerprint density at radius 2 is 2.21 bits per heavy atom. The van der Waals surface area contributed by atoms with Crippen LogP contribution in [-0.4, -0.2) is 29.1 Å². The van der Waals surface area contributed by atoms with Crippen molar-refractivity contribution in [2.45, 2.75) is 39.5 Å². The molecule has 2 rings (SSSR count). The molecule has 104 valence electrons. The maximum atomic E-state index is 11.2. The van der Waals surface area contributed by atoms with Gasteiger partial charge in [-0.3, -0.25) is 0 Å². The minimum absolute atomic E-state index is 0.236. The van der Waals surface area contributed by atoms with Crippen LogP contribution in [0.5, 0.6) is 0 Å². The van der Waals surface area contributed by atoms with Gasteiger partial charge in [-0.1, -0.05) is 20.8 Å². The van der Waals surface area contributed by atoms with Crippen LogP contribution in [0.2, 0.25) is 0 Å². The van der Waals surface area contributed by atoms with E-state index in [2.05, 4.69) is 16.8 Å². The van der Waals surface area contributed by atoms with Crippen LogP contribution in [0.1, 0.15) is 55.6 Å². The summed E-state index contributed by atoms with van der Waals surface area (Å²) in [6, 6.07) is 3.39. The van der Waals surface area contributed by atoms with Crippen molar-refractivity contribution in [2.75, 3.05) is 18.0 Å². The van der Waals surface area contributed by atoms with Crippen molar-refractivity contribution in [1.82, 2.24) is 4.98 Å². The van der Waals surface area contributed by atoms with Crippen molar-refractivity contribution in [1.29, 1.82) is 0 Å². The standard InChI is InChI=1S/C15H22N2O2/c1-10(2)13-7-12(15(18)19)8-14(16-13)17-6-4-5-11(3)9-17/h7-8,10-11H,4-6,9H2,1-3H3,(H,18,19). The number of pyridine rings is 1. The van der Waals surface area contributed by atoms with Crippen LogP contribution in [-0.2, 0) is 0 Å². The van der Waals surface area contributed by atoms with E-state index in [1.165, 1.54) is 6.42 Å². The largest absolute Gasteiger partial charge is 0.478 e. The molecule has 0 aliphatic carbocycles. The van der Waals surface area contributed by atoms with Crippen LogP contribution in [0, 0.1) is 5.92 Å². The highest BCUT2D eigenvalue weighted by Crippen LogP contribution is 2.24. The van der Waals surface area contributed by atoms with E-state index in [0.29, 0.717) is 11.5 Å². The zero-order chi connectivity index (χ0) is 14.0. The van der Waals surface area contributed by atoms with Gasteiger partial charge in [-0.15, -0.1) is 0 Å². The van der Waals surface area contributed by atoms with E-state index in [1.54, 1.807) is 12.1 Å². The normalized spacial score (nSPS) is 19.8. The van der Waals surface area contributed by atoms with Crippen LogP contribution in [0.3, 0.4) is 0 Å². The molecule has 1 aromatic heterocycles. The second kappa shape index (κ2) is 5.59. The van der Waals surface area contributed by atoms with E-state index < -0.39 is 5.97 Å². The van der Waals surface area contributed by atoms with Crippen molar-refractivity contribution in [3.63, 3.8) is 0 Å². The Labute approximate surface area is 114 Å². The number of carboxylic acids is 1. The van der Waals surface area contributed by atoms with Crippen LogP contribution in [0.25, 0.3) is 0 Å². The third-order valence-electron chi connectivity index (χ3n) is 3.65. The number of carbonyl (C=O) groups is 1. The fourth-order valence-electron chi connectivity index (χ4n) is 2.52. The number of carboxylic acid groups (broad SMARTS) is 1. The van der Waals surface area contributed by atoms with Gasteiger partial charge in [0.1, 0.15) is 5.82 Å². The Bertz CT molecular complexity index is 471. The number of nitrogens with zero attached hydrogens (tertiary/aromatic N) is 2. The highest BCUT2D eigenvalue weighted by molar-refractivity contribution is 5.88. The van der Waals surface area contributed by atoms with E-state index in [9.17, 15) is 9.90 Å². The first-order valence-corrected chi connectivity index (χ1v) is 6.97. The number of aromatic carboxylic acids is 1. The highest BCUT2D eigenvalue weighted by atomic mass is 16.4. The lowest BCUT2D eigenvalue weighted by atomic mass is 10.00. The third-order valence-corrected chi connectivity index (χ3v) is 3.65. The van der Waals surface area contributed by atoms with Gasteiger partial charge in [-0.2, -0.15) is 0 Å². The zero-order valence-electron chi connectivity index (χ0n) is 11.9. The average molecular weight is 262 g/mol. The number of aromatic nitrogens is 1. The summed E-state index contributed by atoms with van der Waals surface area (Å²) in [7, 11) is 0. The summed E-state index contributed by atoms with van der Waals surface area (Å²) in [6.07, 6.45) is 2.39. The summed E-state index contributed by atoms with van der Waals surface area (Å²) < 4.78 is 0. The molecule has 2 heterocycles. The molecule has 1 aliphatic heterocycles. The molecule has 1 saturated heterocycles. The molecule has 1 unspecified atom stereocenters. The molecule has 1 aliphatic rings. The topological polar surface area (TPSA) is 53.4 Å². The Morgan fingerprint density at radius 1 is 1.47 bits per heavy atom. The number of anilines is 1. The molecule has 1 atom stereocenters. The second-order valence-electron chi connectivity index (χ2n) is 5.79. The van der Waals surface area contributed by atoms with Gasteiger partial charge in [-0.25, -0.2) is 9.78 Å². The van der Waals surface area contributed by atoms with Crippen molar-refractivity contribution in [3.05, 3.63) is 23.4 Å². The molecule has 1 N–H and O–H groups in total. The van der Waals surface area contributed by atoms with Crippen molar-refractivity contribution in [3.8, 4) is 0 Å². The molecular formula is C15H22N2O2. The quantitative estimate of drug-likeness (QED) is 0.909. The van der Waals surface area contributed by atoms with Gasteiger partial charge >= 0.3 is 5.97 Å². The monoisotopic (exact) mass is 262 g/mol. The molecule has 0 spiro atoms. The molecule has 1 aromatic rings. The van der Waals surface area contributed by atoms with Gasteiger partial charge in [0.05, 0.1) is 5.56 Å². The van der Waals surface area contributed by atoms with E-state index >= 15 is 0 Å². The number of hydrogen-bond acceptors (Lipinski definition) is 3. The second-order valence-corrected chi connectivity index (χ2v) is 5.79. The minimum atomic E-state index is -0.879. The maximum Gasteiger partial charge on any atom is 0.335 e. The molecular weight excluding hydrogens is 240 g/mol. The maximum absolute atomic E-state index is 11.2. The molecule has 4 nitrogen and oxygen atoms in total. The highest BCUT2D eigenvalue weighted by Gasteiger charge is 2.20. The smallest absolute Gasteiger partial charge is 0.335 e. The van der Waals surface area contributed by atoms with Gasteiger partial charge in [0.25, 0.3) is 0 Å². The van der Waals surface area contributed by atoms with Crippen LogP contribution in [0.15, 0.2) is 12.1 Å². The lowest BCUT2D eigenvalue weighted by Crippen LogP contribution is -2.35. The first kappa shape index (κ1) is 13.8. The predicted molar refractivity (Wildman–Crippen MR) is 75.9 cm³/mol. The van der Waals surface area contributed by atoms with Gasteiger partial charge in [0.2, 0.25) is 0 Å². The summed E-state index contributed by atoms with van der Waals surface area (Å²) in [4.78, 5) is 18.1. The molecule has 0 saturated carbocycles. The third kappa shape index (κ3) is 3.25. The molecule has 4 heteroatoms. The Kier molecular flexibility index (Phi) is 4.08. The number of rotatable bonds is 3. The van der Waals surface area contributed by atoms with Crippen LogP contribution >= 0.6 is 0 Å². The van der Waals surface area contributed by atoms with Crippen molar-refractivity contribution >= 4 is 11.8 Å². The van der Waals surface area contributed by atoms with E-state index in [0.717, 1.165) is 31.0 Å². The van der Waals surface area contributed by atoms with Gasteiger partial charge in [0, 0.05) is 18.8 Å². The van der Waals surface area contributed by atoms with Crippen LogP contribution < -0.4 is 4.90 Å². The van der Waals surface area contributed by atoms with Gasteiger partial charge < -0.3 is 10.0 Å². The first-order chi connectivity index (χ1) is 8.97. The zero-order valence-corrected chi connectivity index (χ0v) is 11.9. The van der Waals surface area contributed by atoms with Gasteiger partial charge in [0.15, 0.2) is 0 Å². The summed E-state index contributed by atoms with van der Waals surface area (Å²) >= 11 is 0. The molecule has 1 fully saturated rings. The Morgan fingerprint density at radius 3 is 2.79 bits per heavy atom. The summed E-state index contributed by atoms with van der Waals surface area (Å²) in [6.45, 7) is 8.25. The van der Waals surface area contributed by atoms with E-state index in [1.807, 2.05) is 13.8 Å². The summed E-state index contributed by atoms with van der Waals surface area (Å²) in [5, 5.41) is 9.22. The van der Waals surface area contributed by atoms with Crippen molar-refractivity contribution < 1.29 is 9.90 Å². The minimum Gasteiger partial charge on any atom is -0.478 e. The lowest BCUT2D eigenvalue weighted by Gasteiger charge is -2.32. The number of piperidine rings is 1. The predicted octanol–water partition coefficient (Wildman–Crippen LogP) is 3.14. The molecule has 19 heavy (non-hydrogen) atoms. The lowest BCUT2D eigenvalue weighted by molar-refractivity contribution is 0.0696. The Balaban J connectivity index is 2.35. The van der Waals surface area contributed by atoms with E-state index in [4.69, 9.17) is 0 Å². The average Bonchev–Trinajstić information content (AvgIpc) is 2.38. The van der Waals surface area contributed by atoms with E-state index in [-0.39, 0.29) is 5.92 Å². The molecule has 0 bridgehead atoms. The fraction of sp³-hybridized carbons (Fsp3) is 0.600.